The first-order chi connectivity index (χ1) is 17.5. The third kappa shape index (κ3) is 5.52. The Morgan fingerprint density at radius 3 is 2.50 bits per heavy atom. The second kappa shape index (κ2) is 10.6. The minimum absolute atomic E-state index is 0.00269. The molecule has 0 saturated carbocycles. The lowest BCUT2D eigenvalue weighted by Gasteiger charge is -2.17. The van der Waals surface area contributed by atoms with Crippen molar-refractivity contribution >= 4 is 28.9 Å². The third-order valence-electron chi connectivity index (χ3n) is 5.88. The Morgan fingerprint density at radius 1 is 0.944 bits per heavy atom. The van der Waals surface area contributed by atoms with Gasteiger partial charge in [-0.3, -0.25) is 9.59 Å². The van der Waals surface area contributed by atoms with Crippen LogP contribution in [0.4, 0.5) is 5.69 Å². The number of benzene rings is 3. The number of carboxylic acids is 1. The number of carboxylic acid groups (broad SMARTS) is 1. The van der Waals surface area contributed by atoms with E-state index < -0.39 is 5.97 Å². The van der Waals surface area contributed by atoms with E-state index in [0.29, 0.717) is 18.5 Å². The van der Waals surface area contributed by atoms with Crippen molar-refractivity contribution in [3.63, 3.8) is 0 Å². The van der Waals surface area contributed by atoms with E-state index in [1.54, 1.807) is 24.3 Å². The minimum Gasteiger partial charge on any atom is -0.481 e. The van der Waals surface area contributed by atoms with E-state index >= 15 is 0 Å². The van der Waals surface area contributed by atoms with Crippen LogP contribution >= 0.6 is 11.3 Å². The molecule has 0 spiro atoms. The number of ether oxygens (including phenoxy) is 2. The maximum atomic E-state index is 12.8. The molecule has 4 aromatic rings. The second-order valence-corrected chi connectivity index (χ2v) is 9.39. The normalized spacial score (nSPS) is 12.8. The van der Waals surface area contributed by atoms with E-state index in [1.165, 1.54) is 11.3 Å². The number of carbonyl (C=O) groups excluding carboxylic acids is 1. The van der Waals surface area contributed by atoms with Gasteiger partial charge >= 0.3 is 5.97 Å². The molecule has 5 rings (SSSR count). The second-order valence-electron chi connectivity index (χ2n) is 8.33. The fourth-order valence-electron chi connectivity index (χ4n) is 4.04. The van der Waals surface area contributed by atoms with Crippen LogP contribution in [0.2, 0.25) is 0 Å². The zero-order valence-electron chi connectivity index (χ0n) is 19.2. The number of hydrogen-bond acceptors (Lipinski definition) is 7. The van der Waals surface area contributed by atoms with Crippen molar-refractivity contribution in [1.82, 2.24) is 10.2 Å². The Labute approximate surface area is 211 Å². The minimum atomic E-state index is -0.840. The lowest BCUT2D eigenvalue weighted by Crippen LogP contribution is -2.11. The lowest BCUT2D eigenvalue weighted by molar-refractivity contribution is -0.136. The number of hydrogen-bond donors (Lipinski definition) is 2. The topological polar surface area (TPSA) is 111 Å². The number of amides is 1. The Kier molecular flexibility index (Phi) is 6.90. The van der Waals surface area contributed by atoms with Crippen LogP contribution < -0.4 is 14.8 Å². The third-order valence-corrected chi connectivity index (χ3v) is 6.82. The molecule has 182 valence electrons. The van der Waals surface area contributed by atoms with Gasteiger partial charge in [-0.25, -0.2) is 0 Å². The summed E-state index contributed by atoms with van der Waals surface area (Å²) in [5, 5.41) is 21.1. The molecule has 1 unspecified atom stereocenters. The summed E-state index contributed by atoms with van der Waals surface area (Å²) >= 11 is 1.26. The van der Waals surface area contributed by atoms with Crippen molar-refractivity contribution in [3.05, 3.63) is 99.5 Å². The number of fused-ring (bicyclic) bond motifs is 1. The first-order valence-electron chi connectivity index (χ1n) is 11.4. The molecular formula is C27H23N3O5S. The SMILES string of the molecule is O=C(O)CCc1ccc(NC(=O)c2nnc(CC(c3ccccc3)c3ccc4c(c3)OCO4)s2)cc1. The summed E-state index contributed by atoms with van der Waals surface area (Å²) in [7, 11) is 0. The maximum absolute atomic E-state index is 12.8. The van der Waals surface area contributed by atoms with Gasteiger partial charge in [0.2, 0.25) is 11.8 Å². The number of aryl methyl sites for hydroxylation is 1. The smallest absolute Gasteiger partial charge is 0.303 e. The Balaban J connectivity index is 1.30. The Bertz CT molecular complexity index is 1370. The molecule has 1 aromatic heterocycles. The molecule has 1 amide bonds. The summed E-state index contributed by atoms with van der Waals surface area (Å²) in [5.74, 6) is 0.279. The van der Waals surface area contributed by atoms with Gasteiger partial charge in [-0.1, -0.05) is 59.9 Å². The molecule has 1 aliphatic heterocycles. The molecule has 8 nitrogen and oxygen atoms in total. The number of anilines is 1. The molecule has 0 aliphatic carbocycles. The van der Waals surface area contributed by atoms with E-state index in [1.807, 2.05) is 36.4 Å². The van der Waals surface area contributed by atoms with E-state index in [-0.39, 0.29) is 30.0 Å². The average molecular weight is 502 g/mol. The van der Waals surface area contributed by atoms with Crippen LogP contribution in [0.3, 0.4) is 0 Å². The molecule has 1 atom stereocenters. The highest BCUT2D eigenvalue weighted by molar-refractivity contribution is 7.13. The van der Waals surface area contributed by atoms with Gasteiger partial charge in [0.1, 0.15) is 5.01 Å². The highest BCUT2D eigenvalue weighted by Crippen LogP contribution is 2.38. The summed E-state index contributed by atoms with van der Waals surface area (Å²) in [5.41, 5.74) is 3.69. The average Bonchev–Trinajstić information content (AvgIpc) is 3.56. The van der Waals surface area contributed by atoms with Crippen LogP contribution in [0.5, 0.6) is 11.5 Å². The molecule has 0 bridgehead atoms. The van der Waals surface area contributed by atoms with E-state index in [9.17, 15) is 9.59 Å². The lowest BCUT2D eigenvalue weighted by atomic mass is 9.88. The summed E-state index contributed by atoms with van der Waals surface area (Å²) in [6.45, 7) is 0.217. The van der Waals surface area contributed by atoms with Gasteiger partial charge in [0.05, 0.1) is 0 Å². The number of aromatic nitrogens is 2. The standard InChI is InChI=1S/C27H23N3O5S/c31-25(32)13-8-17-6-10-20(11-7-17)28-26(33)27-30-29-24(36-27)15-21(18-4-2-1-3-5-18)19-9-12-22-23(14-19)35-16-34-22/h1-7,9-12,14,21H,8,13,15-16H2,(H,28,33)(H,31,32). The molecule has 0 saturated heterocycles. The fraction of sp³-hybridized carbons (Fsp3) is 0.185. The van der Waals surface area contributed by atoms with Crippen molar-refractivity contribution in [1.29, 1.82) is 0 Å². The first-order valence-corrected chi connectivity index (χ1v) is 12.3. The number of aliphatic carboxylic acids is 1. The van der Waals surface area contributed by atoms with Gasteiger partial charge in [0.25, 0.3) is 5.91 Å². The summed E-state index contributed by atoms with van der Waals surface area (Å²) in [6, 6.07) is 23.2. The largest absolute Gasteiger partial charge is 0.481 e. The van der Waals surface area contributed by atoms with Crippen LogP contribution in [0, 0.1) is 0 Å². The Morgan fingerprint density at radius 2 is 1.72 bits per heavy atom. The monoisotopic (exact) mass is 501 g/mol. The zero-order valence-corrected chi connectivity index (χ0v) is 20.0. The number of nitrogens with one attached hydrogen (secondary N) is 1. The molecule has 2 N–H and O–H groups in total. The van der Waals surface area contributed by atoms with Crippen molar-refractivity contribution in [2.75, 3.05) is 12.1 Å². The van der Waals surface area contributed by atoms with Gasteiger partial charge in [-0.05, 0) is 47.4 Å². The van der Waals surface area contributed by atoms with Crippen molar-refractivity contribution < 1.29 is 24.2 Å². The van der Waals surface area contributed by atoms with Gasteiger partial charge < -0.3 is 19.9 Å². The van der Waals surface area contributed by atoms with E-state index in [0.717, 1.165) is 33.2 Å². The molecular weight excluding hydrogens is 478 g/mol. The predicted molar refractivity (Wildman–Crippen MR) is 135 cm³/mol. The molecule has 0 fully saturated rings. The van der Waals surface area contributed by atoms with Gasteiger partial charge in [0.15, 0.2) is 11.5 Å². The predicted octanol–water partition coefficient (Wildman–Crippen LogP) is 4.91. The molecule has 2 heterocycles. The van der Waals surface area contributed by atoms with Crippen molar-refractivity contribution in [2.24, 2.45) is 0 Å². The summed E-state index contributed by atoms with van der Waals surface area (Å²) in [6.07, 6.45) is 1.08. The molecule has 3 aromatic carbocycles. The number of nitrogens with zero attached hydrogens (tertiary/aromatic N) is 2. The van der Waals surface area contributed by atoms with Crippen LogP contribution in [0.25, 0.3) is 0 Å². The van der Waals surface area contributed by atoms with Crippen LogP contribution in [0.15, 0.2) is 72.8 Å². The van der Waals surface area contributed by atoms with Crippen molar-refractivity contribution in [2.45, 2.75) is 25.2 Å². The van der Waals surface area contributed by atoms with Crippen molar-refractivity contribution in [3.8, 4) is 11.5 Å². The highest BCUT2D eigenvalue weighted by Gasteiger charge is 2.22. The van der Waals surface area contributed by atoms with Crippen LogP contribution in [0.1, 0.15) is 43.8 Å². The van der Waals surface area contributed by atoms with Gasteiger partial charge in [-0.15, -0.1) is 10.2 Å². The van der Waals surface area contributed by atoms with Crippen LogP contribution in [-0.2, 0) is 17.6 Å². The Hall–Kier alpha value is -4.24. The summed E-state index contributed by atoms with van der Waals surface area (Å²) < 4.78 is 11.0. The molecule has 0 radical (unpaired) electrons. The maximum Gasteiger partial charge on any atom is 0.303 e. The quantitative estimate of drug-likeness (QED) is 0.335. The van der Waals surface area contributed by atoms with Gasteiger partial charge in [-0.2, -0.15) is 0 Å². The van der Waals surface area contributed by atoms with E-state index in [2.05, 4.69) is 27.6 Å². The zero-order chi connectivity index (χ0) is 24.9. The highest BCUT2D eigenvalue weighted by atomic mass is 32.1. The van der Waals surface area contributed by atoms with E-state index in [4.69, 9.17) is 14.6 Å². The first kappa shape index (κ1) is 23.5. The number of rotatable bonds is 9. The summed E-state index contributed by atoms with van der Waals surface area (Å²) in [4.78, 5) is 23.5. The van der Waals surface area contributed by atoms with Crippen LogP contribution in [-0.4, -0.2) is 34.0 Å². The number of carbonyl (C=O) groups is 2. The molecule has 36 heavy (non-hydrogen) atoms. The fourth-order valence-corrected chi connectivity index (χ4v) is 4.82. The molecule has 1 aliphatic rings. The van der Waals surface area contributed by atoms with Gasteiger partial charge in [0, 0.05) is 24.4 Å². The molecule has 9 heteroatoms.